The van der Waals surface area contributed by atoms with Gasteiger partial charge in [-0.15, -0.1) is 5.11 Å². The largest absolute Gasteiger partial charge is 0.506 e. The van der Waals surface area contributed by atoms with E-state index in [0.717, 1.165) is 16.8 Å². The third kappa shape index (κ3) is 3.74. The summed E-state index contributed by atoms with van der Waals surface area (Å²) in [5, 5.41) is 20.7. The van der Waals surface area contributed by atoms with Crippen molar-refractivity contribution >= 4 is 28.5 Å². The Hall–Kier alpha value is -3.41. The van der Waals surface area contributed by atoms with Gasteiger partial charge in [-0.2, -0.15) is 5.11 Å². The van der Waals surface area contributed by atoms with Gasteiger partial charge in [-0.1, -0.05) is 18.2 Å². The molecule has 1 heterocycles. The number of carbonyl (C=O) groups is 1. The van der Waals surface area contributed by atoms with Crippen LogP contribution in [0.2, 0.25) is 0 Å². The average Bonchev–Trinajstić information content (AvgIpc) is 2.58. The van der Waals surface area contributed by atoms with Gasteiger partial charge in [-0.25, -0.2) is 0 Å². The third-order valence-electron chi connectivity index (χ3n) is 3.73. The fraction of sp³-hybridized carbons (Fsp3) is 0.105. The average molecular weight is 334 g/mol. The molecular weight excluding hydrogens is 316 g/mol. The van der Waals surface area contributed by atoms with Gasteiger partial charge in [-0.3, -0.25) is 4.79 Å². The second kappa shape index (κ2) is 7.00. The van der Waals surface area contributed by atoms with Crippen LogP contribution in [0.3, 0.4) is 0 Å². The number of azo groups is 1. The molecule has 0 unspecified atom stereocenters. The van der Waals surface area contributed by atoms with E-state index >= 15 is 0 Å². The van der Waals surface area contributed by atoms with E-state index in [1.165, 1.54) is 13.0 Å². The Morgan fingerprint density at radius 1 is 1.24 bits per heavy atom. The first-order valence-electron chi connectivity index (χ1n) is 7.76. The zero-order chi connectivity index (χ0) is 17.8. The van der Waals surface area contributed by atoms with Gasteiger partial charge in [-0.05, 0) is 24.3 Å². The molecule has 1 aliphatic rings. The van der Waals surface area contributed by atoms with Crippen molar-refractivity contribution in [2.24, 2.45) is 10.2 Å². The molecule has 1 aliphatic heterocycles. The van der Waals surface area contributed by atoms with Crippen molar-refractivity contribution in [3.8, 4) is 5.75 Å². The number of nitrogens with zero attached hydrogens (tertiary/aromatic N) is 3. The molecule has 3 rings (SSSR count). The first kappa shape index (κ1) is 16.4. The number of para-hydroxylation sites is 1. The van der Waals surface area contributed by atoms with E-state index in [2.05, 4.69) is 15.5 Å². The fourth-order valence-corrected chi connectivity index (χ4v) is 2.54. The van der Waals surface area contributed by atoms with Crippen molar-refractivity contribution in [2.75, 3.05) is 17.3 Å². The van der Waals surface area contributed by atoms with Gasteiger partial charge in [0.05, 0.1) is 6.20 Å². The number of hydrogen-bond acceptors (Lipinski definition) is 5. The summed E-state index contributed by atoms with van der Waals surface area (Å²) in [6, 6.07) is 12.7. The topological polar surface area (TPSA) is 77.3 Å². The molecule has 0 saturated carbocycles. The molecule has 0 radical (unpaired) electrons. The second-order valence-corrected chi connectivity index (χ2v) is 5.63. The number of rotatable bonds is 3. The maximum Gasteiger partial charge on any atom is 0.221 e. The van der Waals surface area contributed by atoms with Crippen LogP contribution in [0.5, 0.6) is 5.75 Å². The molecule has 0 aromatic heterocycles. The standard InChI is InChI=1S/C19H18N4O2/c1-13(24)21-15-7-8-17(19(25)11-15)22-20-12-14-9-10-23(2)18-6-4-3-5-16(14)18/h3-12,25H,1-2H3,(H,21,24). The lowest BCUT2D eigenvalue weighted by molar-refractivity contribution is -0.114. The lowest BCUT2D eigenvalue weighted by Gasteiger charge is -2.23. The Balaban J connectivity index is 1.82. The lowest BCUT2D eigenvalue weighted by atomic mass is 10.0. The van der Waals surface area contributed by atoms with E-state index in [1.54, 1.807) is 18.3 Å². The van der Waals surface area contributed by atoms with Crippen LogP contribution in [-0.4, -0.2) is 18.1 Å². The quantitative estimate of drug-likeness (QED) is 0.815. The maximum absolute atomic E-state index is 11.0. The number of fused-ring (bicyclic) bond motifs is 1. The van der Waals surface area contributed by atoms with Gasteiger partial charge in [0.25, 0.3) is 0 Å². The molecule has 2 aromatic rings. The number of phenols is 1. The number of anilines is 2. The third-order valence-corrected chi connectivity index (χ3v) is 3.73. The van der Waals surface area contributed by atoms with Crippen molar-refractivity contribution in [1.82, 2.24) is 0 Å². The van der Waals surface area contributed by atoms with Crippen LogP contribution < -0.4 is 10.2 Å². The van der Waals surface area contributed by atoms with Gasteiger partial charge >= 0.3 is 0 Å². The normalized spacial score (nSPS) is 14.8. The van der Waals surface area contributed by atoms with E-state index < -0.39 is 0 Å². The fourth-order valence-electron chi connectivity index (χ4n) is 2.54. The van der Waals surface area contributed by atoms with Crippen molar-refractivity contribution in [3.63, 3.8) is 0 Å². The first-order valence-corrected chi connectivity index (χ1v) is 7.76. The molecule has 0 fully saturated rings. The summed E-state index contributed by atoms with van der Waals surface area (Å²) in [7, 11) is 1.99. The summed E-state index contributed by atoms with van der Waals surface area (Å²) in [4.78, 5) is 13.1. The van der Waals surface area contributed by atoms with Gasteiger partial charge in [0.15, 0.2) is 0 Å². The molecule has 0 atom stereocenters. The molecule has 6 heteroatoms. The monoisotopic (exact) mass is 334 g/mol. The second-order valence-electron chi connectivity index (χ2n) is 5.63. The Morgan fingerprint density at radius 3 is 2.80 bits per heavy atom. The maximum atomic E-state index is 11.0. The van der Waals surface area contributed by atoms with Crippen LogP contribution >= 0.6 is 0 Å². The predicted molar refractivity (Wildman–Crippen MR) is 98.9 cm³/mol. The van der Waals surface area contributed by atoms with Crippen LogP contribution in [0, 0.1) is 0 Å². The van der Waals surface area contributed by atoms with E-state index in [4.69, 9.17) is 0 Å². The van der Waals surface area contributed by atoms with Crippen LogP contribution in [0.15, 0.2) is 71.2 Å². The van der Waals surface area contributed by atoms with Crippen LogP contribution in [0.1, 0.15) is 12.5 Å². The van der Waals surface area contributed by atoms with Crippen LogP contribution in [0.25, 0.3) is 5.57 Å². The molecule has 2 aromatic carbocycles. The summed E-state index contributed by atoms with van der Waals surface area (Å²) in [5.74, 6) is -0.251. The Morgan fingerprint density at radius 2 is 2.04 bits per heavy atom. The SMILES string of the molecule is CC(=O)Nc1ccc(N=NC=C2C=CN(C)c3ccccc32)c(O)c1. The predicted octanol–water partition coefficient (Wildman–Crippen LogP) is 4.44. The molecule has 0 bridgehead atoms. The van der Waals surface area contributed by atoms with Crippen molar-refractivity contribution in [1.29, 1.82) is 0 Å². The Kier molecular flexibility index (Phi) is 4.61. The summed E-state index contributed by atoms with van der Waals surface area (Å²) < 4.78 is 0. The van der Waals surface area contributed by atoms with Gasteiger partial charge < -0.3 is 15.3 Å². The van der Waals surface area contributed by atoms with Gasteiger partial charge in [0, 0.05) is 48.7 Å². The first-order chi connectivity index (χ1) is 12.0. The summed E-state index contributed by atoms with van der Waals surface area (Å²) in [5.41, 5.74) is 3.93. The number of nitrogens with one attached hydrogen (secondary N) is 1. The number of benzene rings is 2. The van der Waals surface area contributed by atoms with Gasteiger partial charge in [0.2, 0.25) is 5.91 Å². The number of amides is 1. The molecule has 126 valence electrons. The molecule has 0 saturated heterocycles. The van der Waals surface area contributed by atoms with Crippen molar-refractivity contribution in [3.05, 3.63) is 66.5 Å². The minimum Gasteiger partial charge on any atom is -0.506 e. The molecule has 0 spiro atoms. The molecule has 2 N–H and O–H groups in total. The molecule has 0 aliphatic carbocycles. The zero-order valence-electron chi connectivity index (χ0n) is 14.0. The molecule has 25 heavy (non-hydrogen) atoms. The number of aromatic hydroxyl groups is 1. The Bertz CT molecular complexity index is 900. The Labute approximate surface area is 145 Å². The number of allylic oxidation sites excluding steroid dienone is 2. The lowest BCUT2D eigenvalue weighted by Crippen LogP contribution is -2.13. The van der Waals surface area contributed by atoms with Gasteiger partial charge in [0.1, 0.15) is 11.4 Å². The van der Waals surface area contributed by atoms with E-state index in [0.29, 0.717) is 11.4 Å². The smallest absolute Gasteiger partial charge is 0.221 e. The zero-order valence-corrected chi connectivity index (χ0v) is 14.0. The van der Waals surface area contributed by atoms with Crippen molar-refractivity contribution < 1.29 is 9.90 Å². The summed E-state index contributed by atoms with van der Waals surface area (Å²) in [6.45, 7) is 1.41. The highest BCUT2D eigenvalue weighted by Gasteiger charge is 2.12. The minimum atomic E-state index is -0.203. The molecular formula is C19H18N4O2. The number of carbonyl (C=O) groups excluding carboxylic acids is 1. The highest BCUT2D eigenvalue weighted by Crippen LogP contribution is 2.33. The highest BCUT2D eigenvalue weighted by atomic mass is 16.3. The van der Waals surface area contributed by atoms with Crippen molar-refractivity contribution in [2.45, 2.75) is 6.92 Å². The van der Waals surface area contributed by atoms with E-state index in [-0.39, 0.29) is 11.7 Å². The van der Waals surface area contributed by atoms with Crippen LogP contribution in [-0.2, 0) is 4.79 Å². The summed E-state index contributed by atoms with van der Waals surface area (Å²) >= 11 is 0. The molecule has 1 amide bonds. The molecule has 6 nitrogen and oxygen atoms in total. The van der Waals surface area contributed by atoms with Crippen LogP contribution in [0.4, 0.5) is 17.1 Å². The number of phenolic OH excluding ortho intramolecular Hbond substituents is 1. The van der Waals surface area contributed by atoms with E-state index in [9.17, 15) is 9.90 Å². The summed E-state index contributed by atoms with van der Waals surface area (Å²) in [6.07, 6.45) is 5.58. The minimum absolute atomic E-state index is 0.0484. The van der Waals surface area contributed by atoms with E-state index in [1.807, 2.05) is 48.5 Å². The highest BCUT2D eigenvalue weighted by molar-refractivity contribution is 5.89. The number of hydrogen-bond donors (Lipinski definition) is 2.